The number of imidazole rings is 1. The van der Waals surface area contributed by atoms with Gasteiger partial charge in [-0.25, -0.2) is 4.98 Å². The highest BCUT2D eigenvalue weighted by molar-refractivity contribution is 7.18. The number of thiophene rings is 1. The second-order valence-corrected chi connectivity index (χ2v) is 7.94. The van der Waals surface area contributed by atoms with Gasteiger partial charge in [-0.05, 0) is 48.9 Å². The van der Waals surface area contributed by atoms with Gasteiger partial charge in [-0.2, -0.15) is 0 Å². The smallest absolute Gasteiger partial charge is 0.255 e. The summed E-state index contributed by atoms with van der Waals surface area (Å²) in [7, 11) is 0. The van der Waals surface area contributed by atoms with E-state index in [4.69, 9.17) is 11.6 Å². The van der Waals surface area contributed by atoms with E-state index in [9.17, 15) is 9.59 Å². The first-order valence-electron chi connectivity index (χ1n) is 8.70. The Bertz CT molecular complexity index is 1170. The van der Waals surface area contributed by atoms with Crippen LogP contribution in [0.15, 0.2) is 78.1 Å². The number of Topliss-reactive ketones (excluding diaryl/α,β-unsaturated/α-hetero) is 1. The molecule has 0 radical (unpaired) electrons. The molecule has 4 aromatic rings. The van der Waals surface area contributed by atoms with Crippen molar-refractivity contribution in [3.8, 4) is 11.4 Å². The van der Waals surface area contributed by atoms with Crippen LogP contribution in [0.1, 0.15) is 21.8 Å². The van der Waals surface area contributed by atoms with E-state index in [0.29, 0.717) is 22.1 Å². The van der Waals surface area contributed by atoms with Crippen molar-refractivity contribution in [3.05, 3.63) is 98.6 Å². The van der Waals surface area contributed by atoms with Gasteiger partial charge < -0.3 is 4.57 Å². The number of halogens is 1. The van der Waals surface area contributed by atoms with E-state index >= 15 is 0 Å². The molecule has 0 aliphatic rings. The van der Waals surface area contributed by atoms with E-state index < -0.39 is 0 Å². The molecule has 4 rings (SSSR count). The minimum atomic E-state index is -0.0723. The fourth-order valence-corrected chi connectivity index (χ4v) is 3.90. The fraction of sp³-hybridized carbons (Fsp3) is 0.0952. The van der Waals surface area contributed by atoms with E-state index in [1.54, 1.807) is 35.3 Å². The quantitative estimate of drug-likeness (QED) is 0.439. The van der Waals surface area contributed by atoms with Crippen molar-refractivity contribution in [1.82, 2.24) is 14.1 Å². The maximum Gasteiger partial charge on any atom is 0.255 e. The average molecular weight is 410 g/mol. The van der Waals surface area contributed by atoms with Crippen LogP contribution in [0.5, 0.6) is 0 Å². The Morgan fingerprint density at radius 2 is 1.82 bits per heavy atom. The van der Waals surface area contributed by atoms with E-state index in [2.05, 4.69) is 4.98 Å². The zero-order valence-corrected chi connectivity index (χ0v) is 16.4. The summed E-state index contributed by atoms with van der Waals surface area (Å²) in [4.78, 5) is 29.2. The Hall–Kier alpha value is -2.96. The van der Waals surface area contributed by atoms with Crippen LogP contribution in [0.25, 0.3) is 11.4 Å². The topological polar surface area (TPSA) is 56.9 Å². The second-order valence-electron chi connectivity index (χ2n) is 6.22. The minimum absolute atomic E-state index is 0.0723. The predicted octanol–water partition coefficient (Wildman–Crippen LogP) is 4.55. The number of benzene rings is 1. The number of aromatic nitrogens is 3. The molecule has 1 aromatic carbocycles. The summed E-state index contributed by atoms with van der Waals surface area (Å²) in [5.74, 6) is 0.0732. The molecule has 0 spiro atoms. The summed E-state index contributed by atoms with van der Waals surface area (Å²) in [6, 6.07) is 16.2. The molecule has 0 amide bonds. The molecule has 0 unspecified atom stereocenters. The minimum Gasteiger partial charge on any atom is -0.306 e. The molecule has 0 saturated carbocycles. The van der Waals surface area contributed by atoms with Gasteiger partial charge in [0, 0.05) is 36.3 Å². The average Bonchev–Trinajstić information content (AvgIpc) is 3.36. The SMILES string of the molecule is O=C(CCc1cn(-c2ccc(-n3ccccc3=O)cc2)cn1)c1ccc(Cl)s1. The number of nitrogens with zero attached hydrogens (tertiary/aromatic N) is 3. The van der Waals surface area contributed by atoms with E-state index in [-0.39, 0.29) is 11.3 Å². The Kier molecular flexibility index (Phi) is 5.23. The molecule has 0 fully saturated rings. The molecule has 28 heavy (non-hydrogen) atoms. The van der Waals surface area contributed by atoms with Crippen LogP contribution in [-0.4, -0.2) is 19.9 Å². The molecule has 0 aliphatic carbocycles. The van der Waals surface area contributed by atoms with Gasteiger partial charge in [0.05, 0.1) is 21.2 Å². The number of rotatable bonds is 6. The maximum absolute atomic E-state index is 12.2. The summed E-state index contributed by atoms with van der Waals surface area (Å²) < 4.78 is 4.11. The van der Waals surface area contributed by atoms with Gasteiger partial charge in [0.2, 0.25) is 0 Å². The molecular formula is C21H16ClN3O2S. The van der Waals surface area contributed by atoms with Gasteiger partial charge >= 0.3 is 0 Å². The molecule has 0 bridgehead atoms. The molecule has 7 heteroatoms. The molecule has 0 N–H and O–H groups in total. The third kappa shape index (κ3) is 3.98. The molecule has 0 aliphatic heterocycles. The van der Waals surface area contributed by atoms with Crippen molar-refractivity contribution in [3.63, 3.8) is 0 Å². The Balaban J connectivity index is 1.45. The Morgan fingerprint density at radius 1 is 1.04 bits per heavy atom. The van der Waals surface area contributed by atoms with E-state index in [1.807, 2.05) is 41.1 Å². The summed E-state index contributed by atoms with van der Waals surface area (Å²) in [6.07, 6.45) is 6.34. The van der Waals surface area contributed by atoms with Gasteiger partial charge in [0.25, 0.3) is 5.56 Å². The van der Waals surface area contributed by atoms with Gasteiger partial charge in [-0.15, -0.1) is 11.3 Å². The van der Waals surface area contributed by atoms with Crippen LogP contribution in [0.4, 0.5) is 0 Å². The summed E-state index contributed by atoms with van der Waals surface area (Å²) in [5, 5.41) is 0. The van der Waals surface area contributed by atoms with Crippen LogP contribution in [0.3, 0.4) is 0 Å². The fourth-order valence-electron chi connectivity index (χ4n) is 2.89. The first-order valence-corrected chi connectivity index (χ1v) is 9.89. The number of carbonyl (C=O) groups is 1. The van der Waals surface area contributed by atoms with Gasteiger partial charge in [-0.3, -0.25) is 14.2 Å². The number of aryl methyl sites for hydroxylation is 1. The highest BCUT2D eigenvalue weighted by atomic mass is 35.5. The number of carbonyl (C=O) groups excluding carboxylic acids is 1. The molecule has 0 atom stereocenters. The van der Waals surface area contributed by atoms with Gasteiger partial charge in [0.15, 0.2) is 5.78 Å². The first-order chi connectivity index (χ1) is 13.6. The number of hydrogen-bond acceptors (Lipinski definition) is 4. The van der Waals surface area contributed by atoms with Crippen LogP contribution in [0, 0.1) is 0 Å². The summed E-state index contributed by atoms with van der Waals surface area (Å²) in [6.45, 7) is 0. The summed E-state index contributed by atoms with van der Waals surface area (Å²) >= 11 is 7.18. The zero-order valence-electron chi connectivity index (χ0n) is 14.8. The highest BCUT2D eigenvalue weighted by Gasteiger charge is 2.10. The molecule has 3 aromatic heterocycles. The molecule has 0 saturated heterocycles. The largest absolute Gasteiger partial charge is 0.306 e. The molecule has 3 heterocycles. The van der Waals surface area contributed by atoms with Crippen molar-refractivity contribution >= 4 is 28.7 Å². The van der Waals surface area contributed by atoms with Crippen LogP contribution >= 0.6 is 22.9 Å². The summed E-state index contributed by atoms with van der Waals surface area (Å²) in [5.41, 5.74) is 2.51. The third-order valence-corrected chi connectivity index (χ3v) is 5.61. The Labute approximate surface area is 170 Å². The highest BCUT2D eigenvalue weighted by Crippen LogP contribution is 2.23. The second kappa shape index (κ2) is 7.96. The van der Waals surface area contributed by atoms with Crippen molar-refractivity contribution < 1.29 is 4.79 Å². The lowest BCUT2D eigenvalue weighted by molar-refractivity contribution is 0.0986. The Morgan fingerprint density at radius 3 is 2.54 bits per heavy atom. The number of hydrogen-bond donors (Lipinski definition) is 0. The van der Waals surface area contributed by atoms with Crippen LogP contribution in [-0.2, 0) is 6.42 Å². The van der Waals surface area contributed by atoms with Crippen molar-refractivity contribution in [1.29, 1.82) is 0 Å². The van der Waals surface area contributed by atoms with Crippen LogP contribution < -0.4 is 5.56 Å². The van der Waals surface area contributed by atoms with Gasteiger partial charge in [0.1, 0.15) is 0 Å². The third-order valence-electron chi connectivity index (χ3n) is 4.34. The van der Waals surface area contributed by atoms with Crippen LogP contribution in [0.2, 0.25) is 4.34 Å². The van der Waals surface area contributed by atoms with Crippen molar-refractivity contribution in [2.75, 3.05) is 0 Å². The molecule has 140 valence electrons. The lowest BCUT2D eigenvalue weighted by atomic mass is 10.1. The normalized spacial score (nSPS) is 10.9. The van der Waals surface area contributed by atoms with Crippen molar-refractivity contribution in [2.45, 2.75) is 12.8 Å². The maximum atomic E-state index is 12.2. The number of ketones is 1. The lowest BCUT2D eigenvalue weighted by Gasteiger charge is -2.07. The standard InChI is InChI=1S/C21H16ClN3O2S/c22-20-11-10-19(28-20)18(26)9-4-15-13-24(14-23-15)16-5-7-17(8-6-16)25-12-2-1-3-21(25)27/h1-3,5-8,10-14H,4,9H2. The predicted molar refractivity (Wildman–Crippen MR) is 111 cm³/mol. The number of pyridine rings is 1. The lowest BCUT2D eigenvalue weighted by Crippen LogP contribution is -2.15. The van der Waals surface area contributed by atoms with Gasteiger partial charge in [-0.1, -0.05) is 17.7 Å². The van der Waals surface area contributed by atoms with E-state index in [1.165, 1.54) is 17.4 Å². The first kappa shape index (κ1) is 18.4. The molecular weight excluding hydrogens is 394 g/mol. The van der Waals surface area contributed by atoms with E-state index in [0.717, 1.165) is 17.1 Å². The monoisotopic (exact) mass is 409 g/mol. The van der Waals surface area contributed by atoms with Crippen molar-refractivity contribution in [2.24, 2.45) is 0 Å². The molecule has 5 nitrogen and oxygen atoms in total. The zero-order chi connectivity index (χ0) is 19.5.